The summed E-state index contributed by atoms with van der Waals surface area (Å²) >= 11 is 0. The van der Waals surface area contributed by atoms with E-state index in [4.69, 9.17) is 5.11 Å². The molecule has 0 saturated carbocycles. The molecule has 0 heterocycles. The van der Waals surface area contributed by atoms with E-state index in [2.05, 4.69) is 5.10 Å². The van der Waals surface area contributed by atoms with Crippen LogP contribution in [0.4, 0.5) is 10.1 Å². The predicted octanol–water partition coefficient (Wildman–Crippen LogP) is 2.70. The van der Waals surface area contributed by atoms with Gasteiger partial charge in [-0.15, -0.1) is 0 Å². The molecule has 7 heteroatoms. The average Bonchev–Trinajstić information content (AvgIpc) is 2.59. The largest absolute Gasteiger partial charge is 0.478 e. The summed E-state index contributed by atoms with van der Waals surface area (Å²) in [7, 11) is 5.12. The third-order valence-corrected chi connectivity index (χ3v) is 3.53. The molecule has 0 aliphatic rings. The molecule has 2 rings (SSSR count). The number of carbonyl (C=O) groups excluding carboxylic acids is 1. The monoisotopic (exact) mass is 343 g/mol. The Bertz CT molecular complexity index is 834. The van der Waals surface area contributed by atoms with Gasteiger partial charge in [0, 0.05) is 32.4 Å². The van der Waals surface area contributed by atoms with Crippen molar-refractivity contribution in [3.63, 3.8) is 0 Å². The summed E-state index contributed by atoms with van der Waals surface area (Å²) in [4.78, 5) is 25.2. The smallest absolute Gasteiger partial charge is 0.335 e. The van der Waals surface area contributed by atoms with Gasteiger partial charge in [0.2, 0.25) is 0 Å². The Balaban J connectivity index is 2.22. The summed E-state index contributed by atoms with van der Waals surface area (Å²) in [5.41, 5.74) is 1.14. The van der Waals surface area contributed by atoms with Crippen molar-refractivity contribution in [2.75, 3.05) is 26.0 Å². The van der Waals surface area contributed by atoms with Crippen LogP contribution in [0.25, 0.3) is 0 Å². The van der Waals surface area contributed by atoms with E-state index in [1.54, 1.807) is 12.1 Å². The summed E-state index contributed by atoms with van der Waals surface area (Å²) in [6.45, 7) is 0. The number of rotatable bonds is 5. The van der Waals surface area contributed by atoms with Crippen LogP contribution >= 0.6 is 0 Å². The van der Waals surface area contributed by atoms with Gasteiger partial charge in [0.05, 0.1) is 17.3 Å². The van der Waals surface area contributed by atoms with Crippen LogP contribution in [0.15, 0.2) is 47.6 Å². The quantitative estimate of drug-likeness (QED) is 0.669. The number of benzene rings is 2. The Morgan fingerprint density at radius 2 is 1.80 bits per heavy atom. The number of carboxylic acids is 1. The fourth-order valence-electron chi connectivity index (χ4n) is 2.18. The number of para-hydroxylation sites is 1. The predicted molar refractivity (Wildman–Crippen MR) is 93.8 cm³/mol. The van der Waals surface area contributed by atoms with Gasteiger partial charge in [-0.3, -0.25) is 4.79 Å². The van der Waals surface area contributed by atoms with E-state index >= 15 is 0 Å². The van der Waals surface area contributed by atoms with Crippen molar-refractivity contribution in [3.05, 3.63) is 65.0 Å². The van der Waals surface area contributed by atoms with Crippen LogP contribution in [0.5, 0.6) is 0 Å². The minimum atomic E-state index is -1.21. The Morgan fingerprint density at radius 1 is 1.12 bits per heavy atom. The molecule has 1 N–H and O–H groups in total. The van der Waals surface area contributed by atoms with Crippen molar-refractivity contribution in [2.24, 2.45) is 5.10 Å². The third-order valence-electron chi connectivity index (χ3n) is 3.53. The summed E-state index contributed by atoms with van der Waals surface area (Å²) in [5.74, 6) is -2.28. The van der Waals surface area contributed by atoms with Gasteiger partial charge in [0.15, 0.2) is 0 Å². The summed E-state index contributed by atoms with van der Waals surface area (Å²) in [5, 5.41) is 13.9. The molecule has 0 aliphatic heterocycles. The Morgan fingerprint density at radius 3 is 2.40 bits per heavy atom. The van der Waals surface area contributed by atoms with Gasteiger partial charge >= 0.3 is 5.97 Å². The summed E-state index contributed by atoms with van der Waals surface area (Å²) < 4.78 is 13.9. The van der Waals surface area contributed by atoms with Crippen molar-refractivity contribution in [2.45, 2.75) is 0 Å². The molecule has 0 fully saturated rings. The van der Waals surface area contributed by atoms with E-state index in [1.165, 1.54) is 25.4 Å². The molecule has 0 unspecified atom stereocenters. The fourth-order valence-corrected chi connectivity index (χ4v) is 2.18. The van der Waals surface area contributed by atoms with Crippen LogP contribution in [-0.2, 0) is 0 Å². The maximum absolute atomic E-state index is 13.9. The maximum atomic E-state index is 13.9. The molecule has 25 heavy (non-hydrogen) atoms. The summed E-state index contributed by atoms with van der Waals surface area (Å²) in [6.07, 6.45) is 1.18. The van der Waals surface area contributed by atoms with Crippen molar-refractivity contribution in [3.8, 4) is 0 Å². The first-order valence-corrected chi connectivity index (χ1v) is 7.42. The molecule has 130 valence electrons. The number of halogens is 1. The Labute approximate surface area is 144 Å². The van der Waals surface area contributed by atoms with Crippen molar-refractivity contribution in [1.82, 2.24) is 5.01 Å². The number of aromatic carboxylic acids is 1. The number of carbonyl (C=O) groups is 2. The van der Waals surface area contributed by atoms with Crippen molar-refractivity contribution >= 4 is 23.8 Å². The lowest BCUT2D eigenvalue weighted by atomic mass is 10.1. The zero-order valence-electron chi connectivity index (χ0n) is 14.1. The molecular weight excluding hydrogens is 325 g/mol. The second kappa shape index (κ2) is 7.57. The first kappa shape index (κ1) is 18.1. The number of hydrazone groups is 1. The molecule has 0 spiro atoms. The van der Waals surface area contributed by atoms with Crippen LogP contribution in [-0.4, -0.2) is 49.3 Å². The molecule has 2 aromatic rings. The zero-order chi connectivity index (χ0) is 18.6. The number of carboxylic acid groups (broad SMARTS) is 1. The van der Waals surface area contributed by atoms with Gasteiger partial charge in [-0.25, -0.2) is 14.2 Å². The number of nitrogens with zero attached hydrogens (tertiary/aromatic N) is 3. The normalized spacial score (nSPS) is 10.7. The Kier molecular flexibility index (Phi) is 5.49. The van der Waals surface area contributed by atoms with E-state index < -0.39 is 11.8 Å². The van der Waals surface area contributed by atoms with Crippen LogP contribution in [0.1, 0.15) is 26.3 Å². The number of hydrogen-bond donors (Lipinski definition) is 1. The highest BCUT2D eigenvalue weighted by Crippen LogP contribution is 2.19. The SMILES string of the molecule is CN(N=Cc1ccc(C(=O)O)cc1F)C(=O)c1ccccc1N(C)C. The molecule has 6 nitrogen and oxygen atoms in total. The van der Waals surface area contributed by atoms with E-state index in [1.807, 2.05) is 31.1 Å². The number of anilines is 1. The highest BCUT2D eigenvalue weighted by atomic mass is 19.1. The van der Waals surface area contributed by atoms with Crippen LogP contribution in [0, 0.1) is 5.82 Å². The van der Waals surface area contributed by atoms with Gasteiger partial charge in [-0.2, -0.15) is 5.10 Å². The highest BCUT2D eigenvalue weighted by molar-refractivity contribution is 6.00. The highest BCUT2D eigenvalue weighted by Gasteiger charge is 2.16. The first-order valence-electron chi connectivity index (χ1n) is 7.42. The number of hydrogen-bond acceptors (Lipinski definition) is 4. The second-order valence-corrected chi connectivity index (χ2v) is 5.53. The second-order valence-electron chi connectivity index (χ2n) is 5.53. The van der Waals surface area contributed by atoms with Gasteiger partial charge < -0.3 is 10.0 Å². The molecule has 0 radical (unpaired) electrons. The fraction of sp³-hybridized carbons (Fsp3) is 0.167. The Hall–Kier alpha value is -3.22. The van der Waals surface area contributed by atoms with Crippen LogP contribution in [0.2, 0.25) is 0 Å². The molecular formula is C18H18FN3O3. The molecule has 0 atom stereocenters. The van der Waals surface area contributed by atoms with E-state index in [0.29, 0.717) is 5.56 Å². The van der Waals surface area contributed by atoms with Crippen LogP contribution in [0.3, 0.4) is 0 Å². The maximum Gasteiger partial charge on any atom is 0.335 e. The van der Waals surface area contributed by atoms with Crippen LogP contribution < -0.4 is 4.90 Å². The van der Waals surface area contributed by atoms with Gasteiger partial charge in [0.25, 0.3) is 5.91 Å². The van der Waals surface area contributed by atoms with E-state index in [-0.39, 0.29) is 17.0 Å². The first-order chi connectivity index (χ1) is 11.8. The molecule has 2 aromatic carbocycles. The standard InChI is InChI=1S/C18H18FN3O3/c1-21(2)16-7-5-4-6-14(16)17(23)22(3)20-11-13-9-8-12(18(24)25)10-15(13)19/h4-11H,1-3H3,(H,24,25). The molecule has 0 saturated heterocycles. The summed E-state index contributed by atoms with van der Waals surface area (Å²) in [6, 6.07) is 10.6. The molecule has 0 aliphatic carbocycles. The lowest BCUT2D eigenvalue weighted by Gasteiger charge is -2.19. The van der Waals surface area contributed by atoms with Gasteiger partial charge in [-0.1, -0.05) is 12.1 Å². The molecule has 1 amide bonds. The van der Waals surface area contributed by atoms with E-state index in [0.717, 1.165) is 16.8 Å². The third kappa shape index (κ3) is 4.20. The number of amides is 1. The zero-order valence-corrected chi connectivity index (χ0v) is 14.1. The topological polar surface area (TPSA) is 73.2 Å². The minimum absolute atomic E-state index is 0.0885. The van der Waals surface area contributed by atoms with Crippen molar-refractivity contribution in [1.29, 1.82) is 0 Å². The van der Waals surface area contributed by atoms with Gasteiger partial charge in [-0.05, 0) is 30.3 Å². The average molecular weight is 343 g/mol. The van der Waals surface area contributed by atoms with Gasteiger partial charge in [0.1, 0.15) is 5.82 Å². The van der Waals surface area contributed by atoms with E-state index in [9.17, 15) is 14.0 Å². The lowest BCUT2D eigenvalue weighted by molar-refractivity contribution is 0.0695. The lowest BCUT2D eigenvalue weighted by Crippen LogP contribution is -2.24. The van der Waals surface area contributed by atoms with Crippen molar-refractivity contribution < 1.29 is 19.1 Å². The molecule has 0 bridgehead atoms. The minimum Gasteiger partial charge on any atom is -0.478 e. The molecule has 0 aromatic heterocycles.